The summed E-state index contributed by atoms with van der Waals surface area (Å²) in [4.78, 5) is 0. The predicted molar refractivity (Wildman–Crippen MR) is 105 cm³/mol. The predicted octanol–water partition coefficient (Wildman–Crippen LogP) is 3.03. The Kier molecular flexibility index (Phi) is 7.62. The standard InChI is InChI=1S/C18H24O4P2/c1-19-13-7-5-9-15(17(13)21-3)23-11-12-24-16-10-6-8-14(20-2)18(16)22-4/h5-10,23-24H,11-12H2,1-4H3. The quantitative estimate of drug-likeness (QED) is 0.505. The summed E-state index contributed by atoms with van der Waals surface area (Å²) < 4.78 is 21.7. The first-order chi connectivity index (χ1) is 11.7. The molecule has 2 atom stereocenters. The number of methoxy groups -OCH3 is 4. The zero-order valence-electron chi connectivity index (χ0n) is 14.5. The maximum atomic E-state index is 5.50. The Labute approximate surface area is 147 Å². The third-order valence-corrected chi connectivity index (χ3v) is 6.61. The summed E-state index contributed by atoms with van der Waals surface area (Å²) in [5.74, 6) is 3.28. The molecule has 0 saturated carbocycles. The third kappa shape index (κ3) is 4.53. The van der Waals surface area contributed by atoms with Crippen molar-refractivity contribution in [3.8, 4) is 23.0 Å². The lowest BCUT2D eigenvalue weighted by Gasteiger charge is -2.14. The van der Waals surface area contributed by atoms with E-state index in [9.17, 15) is 0 Å². The molecule has 0 aromatic heterocycles. The lowest BCUT2D eigenvalue weighted by Crippen LogP contribution is -2.06. The van der Waals surface area contributed by atoms with Crippen LogP contribution in [0.2, 0.25) is 0 Å². The minimum absolute atomic E-state index is 0.686. The summed E-state index contributed by atoms with van der Waals surface area (Å²) in [5, 5.41) is 2.42. The summed E-state index contributed by atoms with van der Waals surface area (Å²) in [6.07, 6.45) is 2.20. The Morgan fingerprint density at radius 1 is 0.625 bits per heavy atom. The summed E-state index contributed by atoms with van der Waals surface area (Å²) in [7, 11) is 8.09. The second-order valence-electron chi connectivity index (χ2n) is 4.94. The van der Waals surface area contributed by atoms with E-state index >= 15 is 0 Å². The average molecular weight is 366 g/mol. The van der Waals surface area contributed by atoms with E-state index in [2.05, 4.69) is 12.1 Å². The third-order valence-electron chi connectivity index (χ3n) is 3.56. The molecule has 0 N–H and O–H groups in total. The van der Waals surface area contributed by atoms with Crippen LogP contribution < -0.4 is 29.6 Å². The topological polar surface area (TPSA) is 36.9 Å². The smallest absolute Gasteiger partial charge is 0.168 e. The molecule has 6 heteroatoms. The SMILES string of the molecule is COc1cccc(PCCPc2cccc(OC)c2OC)c1OC. The highest BCUT2D eigenvalue weighted by Crippen LogP contribution is 2.32. The molecule has 24 heavy (non-hydrogen) atoms. The van der Waals surface area contributed by atoms with Gasteiger partial charge in [0, 0.05) is 10.6 Å². The van der Waals surface area contributed by atoms with Crippen LogP contribution in [0.3, 0.4) is 0 Å². The molecular weight excluding hydrogens is 342 g/mol. The van der Waals surface area contributed by atoms with Crippen LogP contribution in [0.15, 0.2) is 36.4 Å². The van der Waals surface area contributed by atoms with Gasteiger partial charge in [-0.15, -0.1) is 0 Å². The highest BCUT2D eigenvalue weighted by Gasteiger charge is 2.11. The van der Waals surface area contributed by atoms with E-state index in [0.717, 1.165) is 35.3 Å². The monoisotopic (exact) mass is 366 g/mol. The molecular formula is C18H24O4P2. The molecule has 2 unspecified atom stereocenters. The van der Waals surface area contributed by atoms with E-state index in [1.165, 1.54) is 10.6 Å². The second-order valence-corrected chi connectivity index (χ2v) is 7.72. The van der Waals surface area contributed by atoms with Gasteiger partial charge in [-0.05, 0) is 24.5 Å². The number of rotatable bonds is 9. The van der Waals surface area contributed by atoms with Crippen LogP contribution in [-0.2, 0) is 0 Å². The average Bonchev–Trinajstić information content (AvgIpc) is 2.64. The van der Waals surface area contributed by atoms with Gasteiger partial charge < -0.3 is 18.9 Å². The van der Waals surface area contributed by atoms with E-state index in [4.69, 9.17) is 18.9 Å². The van der Waals surface area contributed by atoms with Gasteiger partial charge in [-0.1, -0.05) is 41.4 Å². The van der Waals surface area contributed by atoms with Gasteiger partial charge in [-0.25, -0.2) is 0 Å². The van der Waals surface area contributed by atoms with Crippen molar-refractivity contribution in [2.75, 3.05) is 40.8 Å². The Hall–Kier alpha value is -1.50. The van der Waals surface area contributed by atoms with Crippen LogP contribution in [-0.4, -0.2) is 40.8 Å². The van der Waals surface area contributed by atoms with E-state index in [1.807, 2.05) is 24.3 Å². The molecule has 0 spiro atoms. The van der Waals surface area contributed by atoms with Crippen LogP contribution in [0, 0.1) is 0 Å². The minimum Gasteiger partial charge on any atom is -0.493 e. The van der Waals surface area contributed by atoms with Crippen LogP contribution >= 0.6 is 17.2 Å². The fraction of sp³-hybridized carbons (Fsp3) is 0.333. The minimum atomic E-state index is 0.686. The molecule has 0 radical (unpaired) electrons. The van der Waals surface area contributed by atoms with Crippen molar-refractivity contribution in [1.82, 2.24) is 0 Å². The highest BCUT2D eigenvalue weighted by atomic mass is 31.1. The Morgan fingerprint density at radius 2 is 1.04 bits per heavy atom. The van der Waals surface area contributed by atoms with Crippen LogP contribution in [0.5, 0.6) is 23.0 Å². The number of ether oxygens (including phenoxy) is 4. The molecule has 0 bridgehead atoms. The van der Waals surface area contributed by atoms with Crippen LogP contribution in [0.4, 0.5) is 0 Å². The zero-order valence-corrected chi connectivity index (χ0v) is 16.5. The van der Waals surface area contributed by atoms with E-state index in [0.29, 0.717) is 17.2 Å². The summed E-state index contributed by atoms with van der Waals surface area (Å²) in [6, 6.07) is 12.1. The van der Waals surface area contributed by atoms with Gasteiger partial charge in [0.15, 0.2) is 23.0 Å². The van der Waals surface area contributed by atoms with Gasteiger partial charge in [0.2, 0.25) is 0 Å². The fourth-order valence-electron chi connectivity index (χ4n) is 2.45. The molecule has 0 aliphatic heterocycles. The van der Waals surface area contributed by atoms with E-state index in [-0.39, 0.29) is 0 Å². The van der Waals surface area contributed by atoms with Gasteiger partial charge >= 0.3 is 0 Å². The Bertz CT molecular complexity index is 604. The highest BCUT2D eigenvalue weighted by molar-refractivity contribution is 7.51. The maximum Gasteiger partial charge on any atom is 0.168 e. The van der Waals surface area contributed by atoms with Crippen molar-refractivity contribution in [2.24, 2.45) is 0 Å². The van der Waals surface area contributed by atoms with Crippen molar-refractivity contribution >= 4 is 27.8 Å². The van der Waals surface area contributed by atoms with Crippen molar-refractivity contribution < 1.29 is 18.9 Å². The number of para-hydroxylation sites is 2. The van der Waals surface area contributed by atoms with Crippen LogP contribution in [0.25, 0.3) is 0 Å². The first kappa shape index (κ1) is 18.8. The van der Waals surface area contributed by atoms with Gasteiger partial charge in [0.05, 0.1) is 28.4 Å². The molecule has 0 aliphatic carbocycles. The summed E-state index contributed by atoms with van der Waals surface area (Å²) in [6.45, 7) is 0. The van der Waals surface area contributed by atoms with E-state index < -0.39 is 0 Å². The fourth-order valence-corrected chi connectivity index (χ4v) is 5.19. The number of hydrogen-bond donors (Lipinski definition) is 0. The van der Waals surface area contributed by atoms with E-state index in [1.54, 1.807) is 28.4 Å². The lowest BCUT2D eigenvalue weighted by atomic mass is 10.3. The Morgan fingerprint density at radius 3 is 1.38 bits per heavy atom. The molecule has 0 heterocycles. The molecule has 0 aliphatic rings. The first-order valence-corrected chi connectivity index (χ1v) is 10.1. The second kappa shape index (κ2) is 9.71. The van der Waals surface area contributed by atoms with Crippen molar-refractivity contribution in [3.05, 3.63) is 36.4 Å². The number of benzene rings is 2. The van der Waals surface area contributed by atoms with Gasteiger partial charge in [-0.3, -0.25) is 0 Å². The van der Waals surface area contributed by atoms with Gasteiger partial charge in [0.25, 0.3) is 0 Å². The summed E-state index contributed by atoms with van der Waals surface area (Å²) in [5.41, 5.74) is 0. The van der Waals surface area contributed by atoms with Crippen molar-refractivity contribution in [1.29, 1.82) is 0 Å². The lowest BCUT2D eigenvalue weighted by molar-refractivity contribution is 0.357. The Balaban J connectivity index is 1.97. The maximum absolute atomic E-state index is 5.50. The van der Waals surface area contributed by atoms with Gasteiger partial charge in [-0.2, -0.15) is 0 Å². The first-order valence-electron chi connectivity index (χ1n) is 7.64. The molecule has 2 aromatic carbocycles. The zero-order chi connectivity index (χ0) is 17.4. The molecule has 0 amide bonds. The van der Waals surface area contributed by atoms with Crippen molar-refractivity contribution in [2.45, 2.75) is 0 Å². The molecule has 2 aromatic rings. The normalized spacial score (nSPS) is 11.3. The molecule has 2 rings (SSSR count). The molecule has 0 fully saturated rings. The van der Waals surface area contributed by atoms with Gasteiger partial charge in [0.1, 0.15) is 0 Å². The van der Waals surface area contributed by atoms with Crippen LogP contribution in [0.1, 0.15) is 0 Å². The molecule has 0 saturated heterocycles. The summed E-state index contributed by atoms with van der Waals surface area (Å²) >= 11 is 0. The molecule has 130 valence electrons. The largest absolute Gasteiger partial charge is 0.493 e. The van der Waals surface area contributed by atoms with Crippen molar-refractivity contribution in [3.63, 3.8) is 0 Å². The number of hydrogen-bond acceptors (Lipinski definition) is 4. The molecule has 4 nitrogen and oxygen atoms in total.